The van der Waals surface area contributed by atoms with Gasteiger partial charge in [0, 0.05) is 5.69 Å². The first-order valence-corrected chi connectivity index (χ1v) is 9.39. The Balaban J connectivity index is 1.97. The fourth-order valence-corrected chi connectivity index (χ4v) is 2.91. The summed E-state index contributed by atoms with van der Waals surface area (Å²) in [7, 11) is 0. The smallest absolute Gasteiger partial charge is 0.457 e. The molecule has 6 nitrogen and oxygen atoms in total. The van der Waals surface area contributed by atoms with E-state index in [4.69, 9.17) is 10.5 Å². The molecule has 3 rings (SSSR count). The van der Waals surface area contributed by atoms with E-state index in [1.807, 2.05) is 0 Å². The fourth-order valence-electron chi connectivity index (χ4n) is 2.91. The molecule has 3 aromatic carbocycles. The summed E-state index contributed by atoms with van der Waals surface area (Å²) in [5.74, 6) is -4.89. The van der Waals surface area contributed by atoms with Crippen molar-refractivity contribution >= 4 is 17.5 Å². The van der Waals surface area contributed by atoms with Gasteiger partial charge in [0.1, 0.15) is 23.1 Å². The fraction of sp³-hybridized carbons (Fsp3) is 0.0909. The van der Waals surface area contributed by atoms with Crippen LogP contribution in [0.1, 0.15) is 26.3 Å². The van der Waals surface area contributed by atoms with Crippen molar-refractivity contribution in [1.82, 2.24) is 0 Å². The van der Waals surface area contributed by atoms with Gasteiger partial charge in [-0.25, -0.2) is 4.39 Å². The van der Waals surface area contributed by atoms with Crippen LogP contribution in [-0.4, -0.2) is 18.2 Å². The third-order valence-corrected chi connectivity index (χ3v) is 4.33. The highest BCUT2D eigenvalue weighted by atomic mass is 19.4. The minimum absolute atomic E-state index is 0.203. The molecule has 3 N–H and O–H groups in total. The molecule has 0 spiro atoms. The number of hydrogen-bond donors (Lipinski definition) is 2. The van der Waals surface area contributed by atoms with Crippen LogP contribution in [0.3, 0.4) is 0 Å². The van der Waals surface area contributed by atoms with E-state index >= 15 is 0 Å². The number of nitrogens with two attached hydrogens (primary N) is 1. The molecule has 13 heteroatoms. The monoisotopic (exact) mass is 502 g/mol. The zero-order chi connectivity index (χ0) is 26.0. The van der Waals surface area contributed by atoms with Crippen LogP contribution in [-0.2, 0) is 6.18 Å². The topological polar surface area (TPSA) is 90.7 Å². The quantitative estimate of drug-likeness (QED) is 0.412. The van der Waals surface area contributed by atoms with E-state index in [-0.39, 0.29) is 11.4 Å². The van der Waals surface area contributed by atoms with Gasteiger partial charge in [0.2, 0.25) is 0 Å². The van der Waals surface area contributed by atoms with Gasteiger partial charge in [-0.15, -0.1) is 13.2 Å². The van der Waals surface area contributed by atoms with Crippen LogP contribution in [0.25, 0.3) is 0 Å². The lowest BCUT2D eigenvalue weighted by molar-refractivity contribution is -0.274. The summed E-state index contributed by atoms with van der Waals surface area (Å²) in [6.45, 7) is 0. The molecule has 0 aromatic heterocycles. The van der Waals surface area contributed by atoms with Crippen molar-refractivity contribution in [3.05, 3.63) is 83.2 Å². The molecule has 0 unspecified atom stereocenters. The van der Waals surface area contributed by atoms with E-state index in [1.165, 1.54) is 0 Å². The molecule has 0 fully saturated rings. The number of rotatable bonds is 6. The molecular formula is C22H13F7N2O4. The second kappa shape index (κ2) is 9.52. The number of nitrogens with one attached hydrogen (secondary N) is 1. The maximum absolute atomic E-state index is 13.7. The molecule has 0 aliphatic heterocycles. The Labute approximate surface area is 192 Å². The number of alkyl halides is 6. The number of amides is 2. The summed E-state index contributed by atoms with van der Waals surface area (Å²) in [6, 6.07) is 8.92. The van der Waals surface area contributed by atoms with Gasteiger partial charge in [0.25, 0.3) is 11.8 Å². The molecule has 0 radical (unpaired) electrons. The normalized spacial score (nSPS) is 11.6. The summed E-state index contributed by atoms with van der Waals surface area (Å²) >= 11 is 0. The number of carbonyl (C=O) groups excluding carboxylic acids is 2. The molecule has 0 saturated heterocycles. The van der Waals surface area contributed by atoms with Gasteiger partial charge in [-0.1, -0.05) is 6.07 Å². The first kappa shape index (κ1) is 25.3. The van der Waals surface area contributed by atoms with Gasteiger partial charge in [0.15, 0.2) is 0 Å². The van der Waals surface area contributed by atoms with Gasteiger partial charge in [-0.2, -0.15) is 13.2 Å². The lowest BCUT2D eigenvalue weighted by atomic mass is 10.0. The molecule has 0 aliphatic rings. The maximum atomic E-state index is 13.7. The number of hydrogen-bond acceptors (Lipinski definition) is 4. The Morgan fingerprint density at radius 3 is 2.06 bits per heavy atom. The van der Waals surface area contributed by atoms with Crippen LogP contribution in [0.5, 0.6) is 17.2 Å². The molecule has 0 saturated carbocycles. The number of benzene rings is 3. The summed E-state index contributed by atoms with van der Waals surface area (Å²) in [6.07, 6.45) is -9.96. The van der Waals surface area contributed by atoms with Crippen LogP contribution >= 0.6 is 0 Å². The molecule has 0 aliphatic carbocycles. The van der Waals surface area contributed by atoms with Crippen molar-refractivity contribution in [3.63, 3.8) is 0 Å². The van der Waals surface area contributed by atoms with Crippen molar-refractivity contribution in [2.75, 3.05) is 5.32 Å². The van der Waals surface area contributed by atoms with Gasteiger partial charge >= 0.3 is 12.5 Å². The zero-order valence-electron chi connectivity index (χ0n) is 17.1. The predicted octanol–water partition coefficient (Wildman–Crippen LogP) is 5.89. The highest BCUT2D eigenvalue weighted by molar-refractivity contribution is 6.08. The average Bonchev–Trinajstić information content (AvgIpc) is 2.74. The molecule has 2 amide bonds. The number of halogens is 7. The molecule has 3 aromatic rings. The summed E-state index contributed by atoms with van der Waals surface area (Å²) < 4.78 is 101. The van der Waals surface area contributed by atoms with Crippen molar-refractivity contribution in [1.29, 1.82) is 0 Å². The van der Waals surface area contributed by atoms with E-state index in [9.17, 15) is 40.3 Å². The number of carbonyl (C=O) groups is 2. The highest BCUT2D eigenvalue weighted by Gasteiger charge is 2.37. The van der Waals surface area contributed by atoms with E-state index in [0.29, 0.717) is 6.07 Å². The van der Waals surface area contributed by atoms with E-state index in [0.717, 1.165) is 54.6 Å². The van der Waals surface area contributed by atoms with E-state index in [1.54, 1.807) is 0 Å². The lowest BCUT2D eigenvalue weighted by Crippen LogP contribution is -2.20. The summed E-state index contributed by atoms with van der Waals surface area (Å²) in [4.78, 5) is 24.1. The minimum Gasteiger partial charge on any atom is -0.457 e. The van der Waals surface area contributed by atoms with Crippen molar-refractivity contribution in [2.45, 2.75) is 12.5 Å². The van der Waals surface area contributed by atoms with Gasteiger partial charge in [-0.05, 0) is 54.6 Å². The largest absolute Gasteiger partial charge is 0.573 e. The van der Waals surface area contributed by atoms with Crippen LogP contribution in [0, 0.1) is 5.82 Å². The summed E-state index contributed by atoms with van der Waals surface area (Å²) in [5.41, 5.74) is 1.83. The molecule has 35 heavy (non-hydrogen) atoms. The Kier molecular flexibility index (Phi) is 6.89. The molecule has 0 heterocycles. The average molecular weight is 502 g/mol. The van der Waals surface area contributed by atoms with Gasteiger partial charge in [0.05, 0.1) is 16.7 Å². The number of primary amides is 1. The first-order valence-electron chi connectivity index (χ1n) is 9.39. The van der Waals surface area contributed by atoms with E-state index in [2.05, 4.69) is 10.1 Å². The second-order valence-electron chi connectivity index (χ2n) is 6.81. The minimum atomic E-state index is -5.00. The van der Waals surface area contributed by atoms with Crippen molar-refractivity contribution in [2.24, 2.45) is 5.73 Å². The lowest BCUT2D eigenvalue weighted by Gasteiger charge is -2.17. The first-order chi connectivity index (χ1) is 16.2. The standard InChI is InChI=1S/C22H13F7N2O4/c23-16-9-4-11(10-14(16)19(30)32)31-20(33)18-15(21(24,25)26)2-1-3-17(18)34-12-5-7-13(8-6-12)35-22(27,28)29/h1-10H,(H2,30,32)(H,31,33). The number of anilines is 1. The number of ether oxygens (including phenoxy) is 2. The molecule has 0 bridgehead atoms. The van der Waals surface area contributed by atoms with Gasteiger partial charge in [-0.3, -0.25) is 9.59 Å². The molecule has 184 valence electrons. The summed E-state index contributed by atoms with van der Waals surface area (Å²) in [5, 5.41) is 2.12. The molecular weight excluding hydrogens is 489 g/mol. The third-order valence-electron chi connectivity index (χ3n) is 4.33. The van der Waals surface area contributed by atoms with Crippen LogP contribution < -0.4 is 20.5 Å². The molecule has 0 atom stereocenters. The SMILES string of the molecule is NC(=O)c1cc(NC(=O)c2c(Oc3ccc(OC(F)(F)F)cc3)cccc2C(F)(F)F)ccc1F. The second-order valence-corrected chi connectivity index (χ2v) is 6.81. The van der Waals surface area contributed by atoms with Gasteiger partial charge < -0.3 is 20.5 Å². The maximum Gasteiger partial charge on any atom is 0.573 e. The highest BCUT2D eigenvalue weighted by Crippen LogP contribution is 2.38. The Hall–Kier alpha value is -4.29. The third kappa shape index (κ3) is 6.40. The van der Waals surface area contributed by atoms with Crippen LogP contribution in [0.2, 0.25) is 0 Å². The van der Waals surface area contributed by atoms with Crippen LogP contribution in [0.15, 0.2) is 60.7 Å². The predicted molar refractivity (Wildman–Crippen MR) is 108 cm³/mol. The van der Waals surface area contributed by atoms with Crippen LogP contribution in [0.4, 0.5) is 36.4 Å². The Bertz CT molecular complexity index is 1260. The Morgan fingerprint density at radius 1 is 0.857 bits per heavy atom. The van der Waals surface area contributed by atoms with E-state index < -0.39 is 58.4 Å². The van der Waals surface area contributed by atoms with Crippen molar-refractivity contribution < 1.29 is 49.8 Å². The zero-order valence-corrected chi connectivity index (χ0v) is 17.1. The van der Waals surface area contributed by atoms with Crippen molar-refractivity contribution in [3.8, 4) is 17.2 Å². The Morgan fingerprint density at radius 2 is 1.49 bits per heavy atom.